The number of benzene rings is 2. The van der Waals surface area contributed by atoms with Crippen LogP contribution in [0.1, 0.15) is 68.2 Å². The van der Waals surface area contributed by atoms with Crippen molar-refractivity contribution in [2.24, 2.45) is 5.92 Å². The van der Waals surface area contributed by atoms with E-state index < -0.39 is 0 Å². The van der Waals surface area contributed by atoms with E-state index >= 15 is 0 Å². The molecule has 0 radical (unpaired) electrons. The van der Waals surface area contributed by atoms with E-state index in [4.69, 9.17) is 16.6 Å². The highest BCUT2D eigenvalue weighted by molar-refractivity contribution is 6.36. The fourth-order valence-corrected chi connectivity index (χ4v) is 9.68. The van der Waals surface area contributed by atoms with Crippen LogP contribution < -0.4 is 20.0 Å². The second kappa shape index (κ2) is 14.6. The van der Waals surface area contributed by atoms with Crippen LogP contribution in [0.2, 0.25) is 5.02 Å². The lowest BCUT2D eigenvalue weighted by Gasteiger charge is -2.38. The Morgan fingerprint density at radius 1 is 0.852 bits per heavy atom. The predicted octanol–water partition coefficient (Wildman–Crippen LogP) is 7.43. The van der Waals surface area contributed by atoms with Crippen molar-refractivity contribution >= 4 is 62.4 Å². The number of H-pyrrole nitrogens is 1. The zero-order valence-electron chi connectivity index (χ0n) is 30.5. The Balaban J connectivity index is 0.744. The van der Waals surface area contributed by atoms with Crippen LogP contribution in [0.4, 0.5) is 21.9 Å². The van der Waals surface area contributed by atoms with Crippen LogP contribution >= 0.6 is 11.6 Å². The van der Waals surface area contributed by atoms with Gasteiger partial charge in [0.1, 0.15) is 6.07 Å². The van der Waals surface area contributed by atoms with Gasteiger partial charge >= 0.3 is 6.03 Å². The van der Waals surface area contributed by atoms with E-state index in [1.54, 1.807) is 11.1 Å². The average Bonchev–Trinajstić information content (AvgIpc) is 3.85. The second-order valence-electron chi connectivity index (χ2n) is 15.5. The maximum atomic E-state index is 12.6. The highest BCUT2D eigenvalue weighted by atomic mass is 35.5. The van der Waals surface area contributed by atoms with Crippen LogP contribution in [0.3, 0.4) is 0 Å². The monoisotopic (exact) mass is 743 g/mol. The second-order valence-corrected chi connectivity index (χ2v) is 15.9. The van der Waals surface area contributed by atoms with Crippen molar-refractivity contribution in [1.29, 1.82) is 5.26 Å². The zero-order chi connectivity index (χ0) is 36.8. The first-order chi connectivity index (χ1) is 26.4. The summed E-state index contributed by atoms with van der Waals surface area (Å²) in [4.78, 5) is 41.8. The number of hydrogen-bond acceptors (Lipinski definition) is 7. The third-order valence-corrected chi connectivity index (χ3v) is 12.8. The number of aromatic amines is 1. The number of urea groups is 1. The van der Waals surface area contributed by atoms with Crippen molar-refractivity contribution in [2.75, 3.05) is 67.1 Å². The van der Waals surface area contributed by atoms with Crippen LogP contribution in [0.5, 0.6) is 0 Å². The van der Waals surface area contributed by atoms with Gasteiger partial charge in [0.25, 0.3) is 0 Å². The summed E-state index contributed by atoms with van der Waals surface area (Å²) in [6.45, 7) is 7.80. The number of carbonyl (C=O) groups is 2. The number of rotatable bonds is 7. The van der Waals surface area contributed by atoms with Crippen molar-refractivity contribution in [1.82, 2.24) is 24.8 Å². The number of pyridine rings is 1. The number of halogens is 1. The summed E-state index contributed by atoms with van der Waals surface area (Å²) >= 11 is 6.45. The minimum atomic E-state index is -0.337. The highest BCUT2D eigenvalue weighted by Gasteiger charge is 2.29. The minimum absolute atomic E-state index is 0.210. The summed E-state index contributed by atoms with van der Waals surface area (Å²) in [5.74, 6) is 0.945. The van der Waals surface area contributed by atoms with E-state index in [2.05, 4.69) is 78.4 Å². The molecule has 0 atom stereocenters. The van der Waals surface area contributed by atoms with Crippen LogP contribution in [0, 0.1) is 17.2 Å². The molecule has 3 aromatic heterocycles. The lowest BCUT2D eigenvalue weighted by molar-refractivity contribution is -0.120. The Bertz CT molecular complexity index is 2220. The average molecular weight is 744 g/mol. The number of likely N-dealkylation sites (tertiary alicyclic amines) is 1. The molecule has 278 valence electrons. The molecule has 12 heteroatoms. The molecule has 4 aliphatic rings. The first-order valence-corrected chi connectivity index (χ1v) is 19.9. The van der Waals surface area contributed by atoms with Crippen molar-refractivity contribution in [2.45, 2.75) is 56.9 Å². The molecule has 0 unspecified atom stereocenters. The van der Waals surface area contributed by atoms with Gasteiger partial charge < -0.3 is 24.3 Å². The van der Waals surface area contributed by atoms with Crippen LogP contribution in [0.25, 0.3) is 21.8 Å². The first-order valence-electron chi connectivity index (χ1n) is 19.5. The molecular weight excluding hydrogens is 698 g/mol. The largest absolute Gasteiger partial charge is 0.370 e. The lowest BCUT2D eigenvalue weighted by Crippen LogP contribution is -2.49. The van der Waals surface area contributed by atoms with E-state index in [0.29, 0.717) is 41.4 Å². The molecule has 0 bridgehead atoms. The van der Waals surface area contributed by atoms with Crippen LogP contribution in [0.15, 0.2) is 67.1 Å². The maximum Gasteiger partial charge on any atom is 0.328 e. The number of amides is 3. The zero-order valence-corrected chi connectivity index (χ0v) is 31.3. The van der Waals surface area contributed by atoms with Crippen LogP contribution in [-0.2, 0) is 4.79 Å². The quantitative estimate of drug-likeness (QED) is 0.178. The third-order valence-electron chi connectivity index (χ3n) is 12.4. The SMILES string of the molecule is N#Cc1c[nH]c2c(N3CCC(c4ccc(N5CCC(CN6CCC(n7ccc8c(N9CCC(=O)NC9=O)cccc87)CC6)CC5)cn4)CC3)ccc(Cl)c12. The van der Waals surface area contributed by atoms with Gasteiger partial charge in [-0.2, -0.15) is 5.26 Å². The molecular formula is C42H46ClN9O2. The van der Waals surface area contributed by atoms with Gasteiger partial charge in [-0.3, -0.25) is 20.0 Å². The van der Waals surface area contributed by atoms with Crippen molar-refractivity contribution in [3.05, 3.63) is 83.4 Å². The molecule has 0 spiro atoms. The molecule has 3 amide bonds. The molecule has 11 nitrogen and oxygen atoms in total. The molecule has 54 heavy (non-hydrogen) atoms. The number of anilines is 3. The molecule has 4 aliphatic heterocycles. The fraction of sp³-hybridized carbons (Fsp3) is 0.429. The van der Waals surface area contributed by atoms with E-state index in [-0.39, 0.29) is 11.9 Å². The number of aromatic nitrogens is 3. The molecule has 0 saturated carbocycles. The standard InChI is InChI=1S/C42H46ClN9O2/c43-34-5-7-38(41-40(34)30(24-44)25-46-41)50-20-10-29(11-21-50)35-6-4-32(26-45-35)49-18-8-28(9-19-49)27-48-16-12-31(13-17-48)51-22-14-33-36(51)2-1-3-37(33)52-23-15-39(53)47-42(52)54/h1-7,14,22,25-26,28-29,31,46H,8-13,15-21,23,27H2,(H,47,53,54). The number of carbonyl (C=O) groups excluding carboxylic acids is 2. The van der Waals surface area contributed by atoms with Crippen molar-refractivity contribution in [3.8, 4) is 6.07 Å². The Hall–Kier alpha value is -5.05. The summed E-state index contributed by atoms with van der Waals surface area (Å²) in [5, 5.41) is 14.5. The molecule has 9 rings (SSSR count). The summed E-state index contributed by atoms with van der Waals surface area (Å²) in [5.41, 5.74) is 7.08. The molecule has 4 saturated heterocycles. The maximum absolute atomic E-state index is 12.6. The number of imide groups is 1. The van der Waals surface area contributed by atoms with E-state index in [9.17, 15) is 14.9 Å². The van der Waals surface area contributed by atoms with Gasteiger partial charge in [-0.25, -0.2) is 4.79 Å². The smallest absolute Gasteiger partial charge is 0.328 e. The molecule has 0 aliphatic carbocycles. The molecule has 5 aromatic rings. The Morgan fingerprint density at radius 3 is 2.39 bits per heavy atom. The number of hydrogen-bond donors (Lipinski definition) is 2. The number of nitrogens with zero attached hydrogens (tertiary/aromatic N) is 7. The van der Waals surface area contributed by atoms with E-state index in [1.165, 1.54) is 30.8 Å². The summed E-state index contributed by atoms with van der Waals surface area (Å²) in [7, 11) is 0. The van der Waals surface area contributed by atoms with Gasteiger partial charge in [-0.05, 0) is 86.9 Å². The summed E-state index contributed by atoms with van der Waals surface area (Å²) in [6, 6.07) is 19.1. The van der Waals surface area contributed by atoms with Gasteiger partial charge in [0, 0.05) is 99.6 Å². The molecule has 2 aromatic carbocycles. The number of piperidine rings is 3. The summed E-state index contributed by atoms with van der Waals surface area (Å²) < 4.78 is 2.40. The van der Waals surface area contributed by atoms with Gasteiger partial charge in [0.15, 0.2) is 0 Å². The van der Waals surface area contributed by atoms with Crippen LogP contribution in [-0.4, -0.2) is 83.7 Å². The lowest BCUT2D eigenvalue weighted by atomic mass is 9.92. The van der Waals surface area contributed by atoms with Gasteiger partial charge in [-0.15, -0.1) is 0 Å². The number of nitriles is 1. The molecule has 7 heterocycles. The Morgan fingerprint density at radius 2 is 1.65 bits per heavy atom. The highest BCUT2D eigenvalue weighted by Crippen LogP contribution is 2.38. The van der Waals surface area contributed by atoms with Crippen molar-refractivity contribution < 1.29 is 9.59 Å². The van der Waals surface area contributed by atoms with Gasteiger partial charge in [0.05, 0.1) is 44.9 Å². The summed E-state index contributed by atoms with van der Waals surface area (Å²) in [6.07, 6.45) is 13.1. The normalized spacial score (nSPS) is 19.9. The van der Waals surface area contributed by atoms with Gasteiger partial charge in [0.2, 0.25) is 5.91 Å². The minimum Gasteiger partial charge on any atom is -0.370 e. The predicted molar refractivity (Wildman–Crippen MR) is 214 cm³/mol. The first kappa shape index (κ1) is 34.7. The molecule has 4 fully saturated rings. The fourth-order valence-electron chi connectivity index (χ4n) is 9.43. The Labute approximate surface area is 320 Å². The van der Waals surface area contributed by atoms with Gasteiger partial charge in [-0.1, -0.05) is 17.7 Å². The third kappa shape index (κ3) is 6.56. The number of nitrogens with one attached hydrogen (secondary N) is 2. The number of fused-ring (bicyclic) bond motifs is 2. The van der Waals surface area contributed by atoms with E-state index in [0.717, 1.165) is 98.1 Å². The Kier molecular flexibility index (Phi) is 9.41. The topological polar surface area (TPSA) is 117 Å². The molecule has 2 N–H and O–H groups in total. The van der Waals surface area contributed by atoms with Crippen molar-refractivity contribution in [3.63, 3.8) is 0 Å². The van der Waals surface area contributed by atoms with E-state index in [1.807, 2.05) is 18.2 Å².